The van der Waals surface area contributed by atoms with Crippen LogP contribution in [0.15, 0.2) is 21.3 Å². The second kappa shape index (κ2) is 6.15. The maximum Gasteiger partial charge on any atom is 0.227 e. The van der Waals surface area contributed by atoms with Crippen molar-refractivity contribution in [2.45, 2.75) is 32.2 Å². The Morgan fingerprint density at radius 2 is 2.35 bits per heavy atom. The standard InChI is InChI=1S/C13H18N4O2S/c1-13(2,14)8-15-10(18)3-4-11-16-12(17-19-11)9-5-6-20-7-9/h5-7H,3-4,8,14H2,1-2H3,(H,15,18). The summed E-state index contributed by atoms with van der Waals surface area (Å²) >= 11 is 1.57. The minimum Gasteiger partial charge on any atom is -0.354 e. The number of carbonyl (C=O) groups is 1. The summed E-state index contributed by atoms with van der Waals surface area (Å²) in [4.78, 5) is 15.9. The predicted octanol–water partition coefficient (Wildman–Crippen LogP) is 1.58. The monoisotopic (exact) mass is 294 g/mol. The predicted molar refractivity (Wildman–Crippen MR) is 77.2 cm³/mol. The third kappa shape index (κ3) is 4.43. The zero-order valence-electron chi connectivity index (χ0n) is 11.5. The number of amides is 1. The van der Waals surface area contributed by atoms with Gasteiger partial charge < -0.3 is 15.6 Å². The number of rotatable bonds is 6. The number of hydrogen-bond acceptors (Lipinski definition) is 6. The van der Waals surface area contributed by atoms with Gasteiger partial charge >= 0.3 is 0 Å². The molecule has 108 valence electrons. The molecule has 0 aliphatic carbocycles. The molecule has 0 aliphatic heterocycles. The molecule has 0 saturated heterocycles. The number of thiophene rings is 1. The molecular weight excluding hydrogens is 276 g/mol. The topological polar surface area (TPSA) is 94.0 Å². The molecule has 0 radical (unpaired) electrons. The quantitative estimate of drug-likeness (QED) is 0.843. The average Bonchev–Trinajstić information content (AvgIpc) is 3.03. The third-order valence-electron chi connectivity index (χ3n) is 2.55. The van der Waals surface area contributed by atoms with E-state index < -0.39 is 5.54 Å². The normalized spacial score (nSPS) is 11.6. The van der Waals surface area contributed by atoms with Crippen LogP contribution in [0.3, 0.4) is 0 Å². The first-order chi connectivity index (χ1) is 9.44. The number of hydrogen-bond donors (Lipinski definition) is 2. The van der Waals surface area contributed by atoms with Gasteiger partial charge in [0.05, 0.1) is 0 Å². The van der Waals surface area contributed by atoms with Crippen molar-refractivity contribution in [1.29, 1.82) is 0 Å². The molecule has 6 nitrogen and oxygen atoms in total. The first kappa shape index (κ1) is 14.7. The van der Waals surface area contributed by atoms with Gasteiger partial charge in [-0.1, -0.05) is 5.16 Å². The zero-order valence-corrected chi connectivity index (χ0v) is 12.4. The fourth-order valence-corrected chi connectivity index (χ4v) is 2.13. The maximum absolute atomic E-state index is 11.6. The highest BCUT2D eigenvalue weighted by Gasteiger charge is 2.14. The Kier molecular flexibility index (Phi) is 4.51. The molecule has 0 bridgehead atoms. The number of nitrogens with two attached hydrogens (primary N) is 1. The number of nitrogens with one attached hydrogen (secondary N) is 1. The van der Waals surface area contributed by atoms with Gasteiger partial charge in [0.25, 0.3) is 0 Å². The van der Waals surface area contributed by atoms with Crippen molar-refractivity contribution < 1.29 is 9.32 Å². The van der Waals surface area contributed by atoms with Gasteiger partial charge in [-0.05, 0) is 25.3 Å². The van der Waals surface area contributed by atoms with Gasteiger partial charge in [0.15, 0.2) is 0 Å². The summed E-state index contributed by atoms with van der Waals surface area (Å²) in [5.41, 5.74) is 6.31. The Labute approximate surface area is 121 Å². The summed E-state index contributed by atoms with van der Waals surface area (Å²) in [5, 5.41) is 10.6. The van der Waals surface area contributed by atoms with E-state index in [2.05, 4.69) is 15.5 Å². The van der Waals surface area contributed by atoms with E-state index in [0.29, 0.717) is 31.1 Å². The molecule has 2 aromatic heterocycles. The number of carbonyl (C=O) groups excluding carboxylic acids is 1. The number of nitrogens with zero attached hydrogens (tertiary/aromatic N) is 2. The van der Waals surface area contributed by atoms with E-state index >= 15 is 0 Å². The molecule has 0 aliphatic rings. The highest BCUT2D eigenvalue weighted by atomic mass is 32.1. The van der Waals surface area contributed by atoms with Gasteiger partial charge in [0.1, 0.15) is 0 Å². The highest BCUT2D eigenvalue weighted by molar-refractivity contribution is 7.08. The van der Waals surface area contributed by atoms with Crippen molar-refractivity contribution in [3.63, 3.8) is 0 Å². The van der Waals surface area contributed by atoms with E-state index in [0.717, 1.165) is 5.56 Å². The van der Waals surface area contributed by atoms with E-state index in [-0.39, 0.29) is 5.91 Å². The van der Waals surface area contributed by atoms with Crippen LogP contribution in [0.4, 0.5) is 0 Å². The minimum absolute atomic E-state index is 0.0705. The van der Waals surface area contributed by atoms with Gasteiger partial charge in [-0.15, -0.1) is 0 Å². The van der Waals surface area contributed by atoms with E-state index in [1.807, 2.05) is 30.7 Å². The molecule has 2 aromatic rings. The maximum atomic E-state index is 11.6. The lowest BCUT2D eigenvalue weighted by Gasteiger charge is -2.18. The summed E-state index contributed by atoms with van der Waals surface area (Å²) < 4.78 is 5.12. The van der Waals surface area contributed by atoms with Gasteiger partial charge in [-0.3, -0.25) is 4.79 Å². The van der Waals surface area contributed by atoms with Crippen LogP contribution in [0.25, 0.3) is 11.4 Å². The van der Waals surface area contributed by atoms with Crippen molar-refractivity contribution in [2.24, 2.45) is 5.73 Å². The Morgan fingerprint density at radius 1 is 1.55 bits per heavy atom. The first-order valence-electron chi connectivity index (χ1n) is 6.35. The van der Waals surface area contributed by atoms with Gasteiger partial charge in [-0.25, -0.2) is 0 Å². The SMILES string of the molecule is CC(C)(N)CNC(=O)CCc1nc(-c2ccsc2)no1. The summed E-state index contributed by atoms with van der Waals surface area (Å²) in [7, 11) is 0. The largest absolute Gasteiger partial charge is 0.354 e. The molecule has 2 heterocycles. The van der Waals surface area contributed by atoms with Crippen molar-refractivity contribution >= 4 is 17.2 Å². The Hall–Kier alpha value is -1.73. The number of aromatic nitrogens is 2. The third-order valence-corrected chi connectivity index (χ3v) is 3.24. The van der Waals surface area contributed by atoms with E-state index in [1.165, 1.54) is 0 Å². The molecule has 1 amide bonds. The molecule has 0 atom stereocenters. The molecule has 0 spiro atoms. The molecule has 7 heteroatoms. The molecule has 0 saturated carbocycles. The second-order valence-corrected chi connectivity index (χ2v) is 6.07. The van der Waals surface area contributed by atoms with Gasteiger partial charge in [-0.2, -0.15) is 16.3 Å². The Balaban J connectivity index is 1.81. The lowest BCUT2D eigenvalue weighted by Crippen LogP contribution is -2.45. The molecule has 0 aromatic carbocycles. The van der Waals surface area contributed by atoms with Crippen LogP contribution in [0.2, 0.25) is 0 Å². The van der Waals surface area contributed by atoms with Crippen molar-refractivity contribution in [2.75, 3.05) is 6.54 Å². The summed E-state index contributed by atoms with van der Waals surface area (Å²) in [6.07, 6.45) is 0.731. The van der Waals surface area contributed by atoms with Crippen molar-refractivity contribution in [3.8, 4) is 11.4 Å². The smallest absolute Gasteiger partial charge is 0.227 e. The van der Waals surface area contributed by atoms with E-state index in [1.54, 1.807) is 11.3 Å². The van der Waals surface area contributed by atoms with Gasteiger partial charge in [0.2, 0.25) is 17.6 Å². The first-order valence-corrected chi connectivity index (χ1v) is 7.29. The molecule has 0 fully saturated rings. The molecule has 0 unspecified atom stereocenters. The van der Waals surface area contributed by atoms with Crippen LogP contribution in [0.5, 0.6) is 0 Å². The summed E-state index contributed by atoms with van der Waals surface area (Å²) in [5.74, 6) is 0.955. The van der Waals surface area contributed by atoms with Crippen LogP contribution in [-0.2, 0) is 11.2 Å². The molecule has 20 heavy (non-hydrogen) atoms. The van der Waals surface area contributed by atoms with Crippen LogP contribution in [-0.4, -0.2) is 28.1 Å². The summed E-state index contributed by atoms with van der Waals surface area (Å²) in [6.45, 7) is 4.16. The second-order valence-electron chi connectivity index (χ2n) is 5.29. The highest BCUT2D eigenvalue weighted by Crippen LogP contribution is 2.18. The Morgan fingerprint density at radius 3 is 3.00 bits per heavy atom. The molecular formula is C13H18N4O2S. The van der Waals surface area contributed by atoms with Crippen LogP contribution < -0.4 is 11.1 Å². The van der Waals surface area contributed by atoms with Crippen LogP contribution in [0.1, 0.15) is 26.2 Å². The number of aryl methyl sites for hydroxylation is 1. The lowest BCUT2D eigenvalue weighted by atomic mass is 10.1. The van der Waals surface area contributed by atoms with Gasteiger partial charge in [0, 0.05) is 35.9 Å². The van der Waals surface area contributed by atoms with Crippen LogP contribution >= 0.6 is 11.3 Å². The van der Waals surface area contributed by atoms with Crippen molar-refractivity contribution in [1.82, 2.24) is 15.5 Å². The summed E-state index contributed by atoms with van der Waals surface area (Å²) in [6, 6.07) is 1.93. The molecule has 3 N–H and O–H groups in total. The molecule has 2 rings (SSSR count). The van der Waals surface area contributed by atoms with E-state index in [9.17, 15) is 4.79 Å². The minimum atomic E-state index is -0.410. The van der Waals surface area contributed by atoms with Crippen molar-refractivity contribution in [3.05, 3.63) is 22.7 Å². The lowest BCUT2D eigenvalue weighted by molar-refractivity contribution is -0.121. The Bertz CT molecular complexity index is 557. The van der Waals surface area contributed by atoms with E-state index in [4.69, 9.17) is 10.3 Å². The zero-order chi connectivity index (χ0) is 14.6. The fraction of sp³-hybridized carbons (Fsp3) is 0.462. The average molecular weight is 294 g/mol. The fourth-order valence-electron chi connectivity index (χ4n) is 1.50. The van der Waals surface area contributed by atoms with Crippen LogP contribution in [0, 0.1) is 0 Å².